The Labute approximate surface area is 179 Å². The summed E-state index contributed by atoms with van der Waals surface area (Å²) in [4.78, 5) is 20.0. The largest absolute Gasteiger partial charge is 0.353 e. The van der Waals surface area contributed by atoms with Crippen LogP contribution in [0.2, 0.25) is 0 Å². The molecule has 1 saturated heterocycles. The number of nitrogens with one attached hydrogen (secondary N) is 1. The Bertz CT molecular complexity index is 1180. The number of thiazole rings is 1. The van der Waals surface area contributed by atoms with Crippen LogP contribution in [0, 0.1) is 13.8 Å². The van der Waals surface area contributed by atoms with Crippen LogP contribution in [-0.2, 0) is 11.3 Å². The third-order valence-corrected chi connectivity index (χ3v) is 6.63. The van der Waals surface area contributed by atoms with Crippen molar-refractivity contribution in [2.45, 2.75) is 26.4 Å². The highest BCUT2D eigenvalue weighted by Gasteiger charge is 2.35. The van der Waals surface area contributed by atoms with E-state index in [0.29, 0.717) is 13.1 Å². The van der Waals surface area contributed by atoms with E-state index in [4.69, 9.17) is 10.1 Å². The minimum atomic E-state index is -0.372. The number of aryl methyl sites for hydroxylation is 1. The molecule has 6 nitrogen and oxygen atoms in total. The van der Waals surface area contributed by atoms with Crippen molar-refractivity contribution < 1.29 is 4.79 Å². The zero-order valence-electron chi connectivity index (χ0n) is 17.0. The summed E-state index contributed by atoms with van der Waals surface area (Å²) in [5, 5.41) is 8.83. The Morgan fingerprint density at radius 3 is 2.67 bits per heavy atom. The van der Waals surface area contributed by atoms with E-state index in [1.54, 1.807) is 11.3 Å². The van der Waals surface area contributed by atoms with Gasteiger partial charge in [-0.05, 0) is 38.1 Å². The summed E-state index contributed by atoms with van der Waals surface area (Å²) in [5.74, 6) is 0.0289. The maximum absolute atomic E-state index is 13.0. The van der Waals surface area contributed by atoms with Crippen LogP contribution in [0.4, 0.5) is 0 Å². The van der Waals surface area contributed by atoms with Gasteiger partial charge in [0.15, 0.2) is 0 Å². The van der Waals surface area contributed by atoms with E-state index in [-0.39, 0.29) is 11.9 Å². The van der Waals surface area contributed by atoms with Crippen molar-refractivity contribution in [1.82, 2.24) is 25.0 Å². The lowest BCUT2D eigenvalue weighted by Gasteiger charge is -2.34. The van der Waals surface area contributed by atoms with Crippen LogP contribution in [0.15, 0.2) is 54.6 Å². The van der Waals surface area contributed by atoms with Crippen LogP contribution >= 0.6 is 11.3 Å². The molecule has 5 rings (SSSR count). The molecular formula is C23H23N5OS. The van der Waals surface area contributed by atoms with E-state index in [1.165, 1.54) is 4.70 Å². The smallest absolute Gasteiger partial charge is 0.242 e. The molecule has 0 aliphatic carbocycles. The number of amides is 1. The third kappa shape index (κ3) is 3.30. The number of fused-ring (bicyclic) bond motifs is 1. The van der Waals surface area contributed by atoms with Crippen LogP contribution in [0.25, 0.3) is 15.9 Å². The SMILES string of the molecule is Cc1nn(-c2ccccc2)c(C)c1[C@H]1C(=O)NCCN1Cc1nc2ccccc2s1. The van der Waals surface area contributed by atoms with Gasteiger partial charge in [0.1, 0.15) is 11.0 Å². The van der Waals surface area contributed by atoms with Gasteiger partial charge < -0.3 is 5.32 Å². The highest BCUT2D eigenvalue weighted by atomic mass is 32.1. The topological polar surface area (TPSA) is 63.1 Å². The number of rotatable bonds is 4. The molecule has 152 valence electrons. The first-order valence-electron chi connectivity index (χ1n) is 10.1. The van der Waals surface area contributed by atoms with Gasteiger partial charge in [0.2, 0.25) is 5.91 Å². The van der Waals surface area contributed by atoms with Crippen LogP contribution in [-0.4, -0.2) is 38.7 Å². The second-order valence-corrected chi connectivity index (χ2v) is 8.69. The molecule has 4 aromatic rings. The van der Waals surface area contributed by atoms with Crippen molar-refractivity contribution in [3.05, 3.63) is 76.6 Å². The summed E-state index contributed by atoms with van der Waals surface area (Å²) >= 11 is 1.69. The number of piperazine rings is 1. The minimum Gasteiger partial charge on any atom is -0.353 e. The predicted molar refractivity (Wildman–Crippen MR) is 119 cm³/mol. The van der Waals surface area contributed by atoms with Gasteiger partial charge in [-0.2, -0.15) is 5.10 Å². The van der Waals surface area contributed by atoms with Crippen molar-refractivity contribution in [2.24, 2.45) is 0 Å². The summed E-state index contributed by atoms with van der Waals surface area (Å²) in [6.07, 6.45) is 0. The normalized spacial score (nSPS) is 17.4. The van der Waals surface area contributed by atoms with Crippen LogP contribution < -0.4 is 5.32 Å². The van der Waals surface area contributed by atoms with Gasteiger partial charge in [0.05, 0.1) is 28.1 Å². The lowest BCUT2D eigenvalue weighted by Crippen LogP contribution is -2.49. The molecule has 2 aromatic heterocycles. The fraction of sp³-hybridized carbons (Fsp3) is 0.261. The maximum atomic E-state index is 13.0. The van der Waals surface area contributed by atoms with E-state index < -0.39 is 0 Å². The summed E-state index contributed by atoms with van der Waals surface area (Å²) in [6, 6.07) is 17.8. The Morgan fingerprint density at radius 1 is 1.10 bits per heavy atom. The summed E-state index contributed by atoms with van der Waals surface area (Å²) < 4.78 is 3.11. The lowest BCUT2D eigenvalue weighted by molar-refractivity contribution is -0.129. The molecule has 7 heteroatoms. The van der Waals surface area contributed by atoms with Crippen molar-refractivity contribution in [1.29, 1.82) is 0 Å². The van der Waals surface area contributed by atoms with Gasteiger partial charge in [0.25, 0.3) is 0 Å². The average Bonchev–Trinajstić information content (AvgIpc) is 3.29. The number of nitrogens with zero attached hydrogens (tertiary/aromatic N) is 4. The Morgan fingerprint density at radius 2 is 1.87 bits per heavy atom. The number of hydrogen-bond donors (Lipinski definition) is 1. The monoisotopic (exact) mass is 417 g/mol. The molecule has 3 heterocycles. The molecule has 1 amide bonds. The summed E-state index contributed by atoms with van der Waals surface area (Å²) in [7, 11) is 0. The minimum absolute atomic E-state index is 0.0289. The molecule has 0 unspecified atom stereocenters. The van der Waals surface area contributed by atoms with Crippen LogP contribution in [0.5, 0.6) is 0 Å². The molecule has 0 spiro atoms. The quantitative estimate of drug-likeness (QED) is 0.549. The van der Waals surface area contributed by atoms with E-state index >= 15 is 0 Å². The van der Waals surface area contributed by atoms with E-state index in [0.717, 1.165) is 39.7 Å². The van der Waals surface area contributed by atoms with Crippen LogP contribution in [0.1, 0.15) is 28.0 Å². The number of carbonyl (C=O) groups excluding carboxylic acids is 1. The van der Waals surface area contributed by atoms with Gasteiger partial charge in [-0.1, -0.05) is 30.3 Å². The Kier molecular flexibility index (Phi) is 4.84. The number of para-hydroxylation sites is 2. The molecule has 1 aliphatic heterocycles. The summed E-state index contributed by atoms with van der Waals surface area (Å²) in [6.45, 7) is 6.10. The van der Waals surface area contributed by atoms with E-state index in [2.05, 4.69) is 16.3 Å². The van der Waals surface area contributed by atoms with Crippen LogP contribution in [0.3, 0.4) is 0 Å². The molecule has 0 bridgehead atoms. The van der Waals surface area contributed by atoms with Gasteiger partial charge in [-0.3, -0.25) is 9.69 Å². The Balaban J connectivity index is 1.52. The number of benzene rings is 2. The zero-order chi connectivity index (χ0) is 20.7. The average molecular weight is 418 g/mol. The zero-order valence-corrected chi connectivity index (χ0v) is 17.8. The van der Waals surface area contributed by atoms with E-state index in [1.807, 2.05) is 67.1 Å². The molecule has 1 N–H and O–H groups in total. The lowest BCUT2D eigenvalue weighted by atomic mass is 10.0. The second kappa shape index (κ2) is 7.66. The molecule has 1 atom stereocenters. The van der Waals surface area contributed by atoms with Gasteiger partial charge in [-0.15, -0.1) is 11.3 Å². The fourth-order valence-corrected chi connectivity index (χ4v) is 5.22. The van der Waals surface area contributed by atoms with Gasteiger partial charge in [0, 0.05) is 24.3 Å². The molecule has 0 saturated carbocycles. The second-order valence-electron chi connectivity index (χ2n) is 7.57. The number of carbonyl (C=O) groups is 1. The molecule has 30 heavy (non-hydrogen) atoms. The van der Waals surface area contributed by atoms with Crippen molar-refractivity contribution in [2.75, 3.05) is 13.1 Å². The standard InChI is InChI=1S/C23H23N5OS/c1-15-21(16(2)28(26-15)17-8-4-3-5-9-17)22-23(29)24-12-13-27(22)14-20-25-18-10-6-7-11-19(18)30-20/h3-11,22H,12-14H2,1-2H3,(H,24,29)/t22-/m0/s1. The first kappa shape index (κ1) is 19.0. The van der Waals surface area contributed by atoms with Gasteiger partial charge >= 0.3 is 0 Å². The molecule has 0 radical (unpaired) electrons. The molecule has 1 aliphatic rings. The van der Waals surface area contributed by atoms with Gasteiger partial charge in [-0.25, -0.2) is 9.67 Å². The summed E-state index contributed by atoms with van der Waals surface area (Å²) in [5.41, 5.74) is 4.87. The highest BCUT2D eigenvalue weighted by Crippen LogP contribution is 2.32. The van der Waals surface area contributed by atoms with E-state index in [9.17, 15) is 4.79 Å². The number of aromatic nitrogens is 3. The Hall–Kier alpha value is -3.03. The molecule has 2 aromatic carbocycles. The third-order valence-electron chi connectivity index (χ3n) is 5.61. The van der Waals surface area contributed by atoms with Crippen molar-refractivity contribution in [3.8, 4) is 5.69 Å². The first-order chi connectivity index (χ1) is 14.6. The molecular weight excluding hydrogens is 394 g/mol. The number of hydrogen-bond acceptors (Lipinski definition) is 5. The van der Waals surface area contributed by atoms with Crippen molar-refractivity contribution >= 4 is 27.5 Å². The highest BCUT2D eigenvalue weighted by molar-refractivity contribution is 7.18. The maximum Gasteiger partial charge on any atom is 0.242 e. The predicted octanol–water partition coefficient (Wildman–Crippen LogP) is 3.77. The fourth-order valence-electron chi connectivity index (χ4n) is 4.23. The van der Waals surface area contributed by atoms with Crippen molar-refractivity contribution in [3.63, 3.8) is 0 Å². The first-order valence-corrected chi connectivity index (χ1v) is 10.9. The molecule has 1 fully saturated rings.